The molecule has 0 heterocycles. The number of anilines is 1. The molecule has 0 amide bonds. The first kappa shape index (κ1) is 10.1. The number of hydrogen-bond donors (Lipinski definition) is 1. The van der Waals surface area contributed by atoms with Crippen LogP contribution in [0.4, 0.5) is 5.69 Å². The summed E-state index contributed by atoms with van der Waals surface area (Å²) >= 11 is 0. The largest absolute Gasteiger partial charge is 0.374 e. The maximum absolute atomic E-state index is 9.42. The summed E-state index contributed by atoms with van der Waals surface area (Å²) in [7, 11) is 1.90. The predicted molar refractivity (Wildman–Crippen MR) is 56.0 cm³/mol. The lowest BCUT2D eigenvalue weighted by Crippen LogP contribution is -2.28. The SMILES string of the molecule is Cc1cccc(N(C)C(C)O)c1C. The Hall–Kier alpha value is -1.02. The van der Waals surface area contributed by atoms with E-state index in [9.17, 15) is 5.11 Å². The van der Waals surface area contributed by atoms with Crippen LogP contribution in [0, 0.1) is 13.8 Å². The Labute approximate surface area is 79.8 Å². The van der Waals surface area contributed by atoms with Crippen LogP contribution >= 0.6 is 0 Å². The van der Waals surface area contributed by atoms with E-state index in [1.54, 1.807) is 6.92 Å². The summed E-state index contributed by atoms with van der Waals surface area (Å²) in [4.78, 5) is 1.86. The number of rotatable bonds is 2. The average molecular weight is 179 g/mol. The molecule has 1 N–H and O–H groups in total. The molecule has 1 atom stereocenters. The van der Waals surface area contributed by atoms with Crippen LogP contribution in [0.15, 0.2) is 18.2 Å². The molecule has 72 valence electrons. The van der Waals surface area contributed by atoms with Crippen LogP contribution in [0.25, 0.3) is 0 Å². The van der Waals surface area contributed by atoms with E-state index in [1.807, 2.05) is 24.1 Å². The van der Waals surface area contributed by atoms with Crippen LogP contribution in [0.5, 0.6) is 0 Å². The molecule has 1 unspecified atom stereocenters. The summed E-state index contributed by atoms with van der Waals surface area (Å²) in [5, 5.41) is 9.42. The number of aliphatic hydroxyl groups excluding tert-OH is 1. The molecular formula is C11H17NO. The van der Waals surface area contributed by atoms with Gasteiger partial charge in [0, 0.05) is 12.7 Å². The molecule has 0 radical (unpaired) electrons. The fourth-order valence-corrected chi connectivity index (χ4v) is 1.32. The third kappa shape index (κ3) is 2.01. The number of hydrogen-bond acceptors (Lipinski definition) is 2. The molecule has 1 rings (SSSR count). The monoisotopic (exact) mass is 179 g/mol. The van der Waals surface area contributed by atoms with E-state index in [2.05, 4.69) is 19.9 Å². The van der Waals surface area contributed by atoms with Crippen molar-refractivity contribution in [2.45, 2.75) is 27.0 Å². The molecule has 1 aromatic rings. The molecule has 0 aliphatic rings. The first-order valence-electron chi connectivity index (χ1n) is 4.51. The van der Waals surface area contributed by atoms with Gasteiger partial charge in [-0.1, -0.05) is 12.1 Å². The lowest BCUT2D eigenvalue weighted by atomic mass is 10.1. The molecule has 1 aromatic carbocycles. The van der Waals surface area contributed by atoms with E-state index in [-0.39, 0.29) is 0 Å². The topological polar surface area (TPSA) is 23.5 Å². The van der Waals surface area contributed by atoms with Crippen LogP contribution in [0.2, 0.25) is 0 Å². The molecule has 0 saturated heterocycles. The van der Waals surface area contributed by atoms with E-state index in [0.29, 0.717) is 0 Å². The molecule has 13 heavy (non-hydrogen) atoms. The molecule has 0 spiro atoms. The highest BCUT2D eigenvalue weighted by Crippen LogP contribution is 2.22. The van der Waals surface area contributed by atoms with Gasteiger partial charge in [0.25, 0.3) is 0 Å². The number of nitrogens with zero attached hydrogens (tertiary/aromatic N) is 1. The minimum absolute atomic E-state index is 0.444. The molecule has 0 fully saturated rings. The van der Waals surface area contributed by atoms with E-state index >= 15 is 0 Å². The second-order valence-corrected chi connectivity index (χ2v) is 3.46. The van der Waals surface area contributed by atoms with Gasteiger partial charge in [0.2, 0.25) is 0 Å². The van der Waals surface area contributed by atoms with Gasteiger partial charge in [-0.25, -0.2) is 0 Å². The molecular weight excluding hydrogens is 162 g/mol. The van der Waals surface area contributed by atoms with E-state index in [4.69, 9.17) is 0 Å². The Morgan fingerprint density at radius 1 is 1.31 bits per heavy atom. The normalized spacial score (nSPS) is 12.7. The number of benzene rings is 1. The van der Waals surface area contributed by atoms with Crippen LogP contribution in [0.1, 0.15) is 18.1 Å². The Kier molecular flexibility index (Phi) is 2.94. The summed E-state index contributed by atoms with van der Waals surface area (Å²) in [6.07, 6.45) is -0.444. The Balaban J connectivity index is 3.07. The Morgan fingerprint density at radius 2 is 1.92 bits per heavy atom. The standard InChI is InChI=1S/C11H17NO/c1-8-6-5-7-11(9(8)2)12(4)10(3)13/h5-7,10,13H,1-4H3. The third-order valence-corrected chi connectivity index (χ3v) is 2.52. The first-order chi connectivity index (χ1) is 6.04. The molecule has 2 heteroatoms. The van der Waals surface area contributed by atoms with Gasteiger partial charge in [-0.2, -0.15) is 0 Å². The zero-order valence-electron chi connectivity index (χ0n) is 8.70. The average Bonchev–Trinajstić information content (AvgIpc) is 2.08. The number of aryl methyl sites for hydroxylation is 1. The van der Waals surface area contributed by atoms with Crippen molar-refractivity contribution in [3.63, 3.8) is 0 Å². The highest BCUT2D eigenvalue weighted by Gasteiger charge is 2.09. The third-order valence-electron chi connectivity index (χ3n) is 2.52. The summed E-state index contributed by atoms with van der Waals surface area (Å²) in [5.41, 5.74) is 3.57. The summed E-state index contributed by atoms with van der Waals surface area (Å²) < 4.78 is 0. The summed E-state index contributed by atoms with van der Waals surface area (Å²) in [5.74, 6) is 0. The van der Waals surface area contributed by atoms with Crippen molar-refractivity contribution in [3.8, 4) is 0 Å². The van der Waals surface area contributed by atoms with Crippen LogP contribution < -0.4 is 4.90 Å². The van der Waals surface area contributed by atoms with Gasteiger partial charge in [-0.3, -0.25) is 0 Å². The smallest absolute Gasteiger partial charge is 0.123 e. The molecule has 0 aromatic heterocycles. The van der Waals surface area contributed by atoms with Gasteiger partial charge in [-0.05, 0) is 38.0 Å². The zero-order valence-corrected chi connectivity index (χ0v) is 8.70. The van der Waals surface area contributed by atoms with Crippen molar-refractivity contribution in [3.05, 3.63) is 29.3 Å². The van der Waals surface area contributed by atoms with Crippen LogP contribution in [0.3, 0.4) is 0 Å². The maximum Gasteiger partial charge on any atom is 0.123 e. The fraction of sp³-hybridized carbons (Fsp3) is 0.455. The summed E-state index contributed by atoms with van der Waals surface area (Å²) in [6.45, 7) is 5.92. The molecule has 0 aliphatic carbocycles. The van der Waals surface area contributed by atoms with Gasteiger partial charge in [0.1, 0.15) is 6.23 Å². The minimum atomic E-state index is -0.444. The quantitative estimate of drug-likeness (QED) is 0.703. The fourth-order valence-electron chi connectivity index (χ4n) is 1.32. The lowest BCUT2D eigenvalue weighted by molar-refractivity contribution is 0.195. The van der Waals surface area contributed by atoms with E-state index in [0.717, 1.165) is 5.69 Å². The molecule has 0 bridgehead atoms. The van der Waals surface area contributed by atoms with Gasteiger partial charge < -0.3 is 10.0 Å². The van der Waals surface area contributed by atoms with Crippen molar-refractivity contribution < 1.29 is 5.11 Å². The predicted octanol–water partition coefficient (Wildman–Crippen LogP) is 2.08. The second kappa shape index (κ2) is 3.79. The van der Waals surface area contributed by atoms with Crippen LogP contribution in [-0.4, -0.2) is 18.4 Å². The van der Waals surface area contributed by atoms with Crippen LogP contribution in [-0.2, 0) is 0 Å². The van der Waals surface area contributed by atoms with Gasteiger partial charge >= 0.3 is 0 Å². The van der Waals surface area contributed by atoms with Crippen molar-refractivity contribution >= 4 is 5.69 Å². The van der Waals surface area contributed by atoms with Crippen molar-refractivity contribution in [1.82, 2.24) is 0 Å². The molecule has 0 aliphatic heterocycles. The zero-order chi connectivity index (χ0) is 10.0. The minimum Gasteiger partial charge on any atom is -0.374 e. The molecule has 0 saturated carbocycles. The highest BCUT2D eigenvalue weighted by atomic mass is 16.3. The lowest BCUT2D eigenvalue weighted by Gasteiger charge is -2.25. The van der Waals surface area contributed by atoms with Crippen molar-refractivity contribution in [2.24, 2.45) is 0 Å². The van der Waals surface area contributed by atoms with Gasteiger partial charge in [-0.15, -0.1) is 0 Å². The van der Waals surface area contributed by atoms with Crippen molar-refractivity contribution in [2.75, 3.05) is 11.9 Å². The summed E-state index contributed by atoms with van der Waals surface area (Å²) in [6, 6.07) is 6.11. The van der Waals surface area contributed by atoms with E-state index in [1.165, 1.54) is 11.1 Å². The van der Waals surface area contributed by atoms with Crippen molar-refractivity contribution in [1.29, 1.82) is 0 Å². The Bertz CT molecular complexity index is 294. The maximum atomic E-state index is 9.42. The van der Waals surface area contributed by atoms with Gasteiger partial charge in [0.05, 0.1) is 0 Å². The number of aliphatic hydroxyl groups is 1. The van der Waals surface area contributed by atoms with E-state index < -0.39 is 6.23 Å². The highest BCUT2D eigenvalue weighted by molar-refractivity contribution is 5.55. The Morgan fingerprint density at radius 3 is 2.46 bits per heavy atom. The van der Waals surface area contributed by atoms with Gasteiger partial charge in [0.15, 0.2) is 0 Å². The first-order valence-corrected chi connectivity index (χ1v) is 4.51. The molecule has 2 nitrogen and oxygen atoms in total. The second-order valence-electron chi connectivity index (χ2n) is 3.46.